The zero-order valence-electron chi connectivity index (χ0n) is 10.6. The number of nitrogen functional groups attached to an aromatic ring is 1. The zero-order chi connectivity index (χ0) is 13.9. The van der Waals surface area contributed by atoms with Gasteiger partial charge in [0.1, 0.15) is 4.90 Å². The average Bonchev–Trinajstić information content (AvgIpc) is 3.23. The first-order chi connectivity index (χ1) is 9.09. The van der Waals surface area contributed by atoms with E-state index in [0.717, 1.165) is 12.8 Å². The highest BCUT2D eigenvalue weighted by Gasteiger charge is 2.38. The normalized spacial score (nSPS) is 15.7. The Labute approximate surface area is 112 Å². The van der Waals surface area contributed by atoms with E-state index in [1.54, 1.807) is 7.11 Å². The van der Waals surface area contributed by atoms with E-state index in [0.29, 0.717) is 13.2 Å². The van der Waals surface area contributed by atoms with E-state index in [2.05, 4.69) is 15.4 Å². The van der Waals surface area contributed by atoms with Gasteiger partial charge in [0.05, 0.1) is 19.0 Å². The van der Waals surface area contributed by atoms with Crippen molar-refractivity contribution in [1.82, 2.24) is 14.3 Å². The number of hydrogen-bond donors (Lipinski definition) is 2. The number of nitrogens with two attached hydrogens (primary N) is 1. The molecule has 1 fully saturated rings. The van der Waals surface area contributed by atoms with Crippen LogP contribution in [0.2, 0.25) is 0 Å². The van der Waals surface area contributed by atoms with E-state index in [9.17, 15) is 8.42 Å². The molecule has 1 saturated carbocycles. The summed E-state index contributed by atoms with van der Waals surface area (Å²) in [5, 5.41) is 0. The summed E-state index contributed by atoms with van der Waals surface area (Å²) < 4.78 is 31.3. The van der Waals surface area contributed by atoms with Crippen LogP contribution in [0.25, 0.3) is 0 Å². The van der Waals surface area contributed by atoms with Gasteiger partial charge < -0.3 is 4.74 Å². The number of nitrogens with one attached hydrogen (secondary N) is 1. The summed E-state index contributed by atoms with van der Waals surface area (Å²) >= 11 is 0. The number of methoxy groups -OCH3 is 1. The van der Waals surface area contributed by atoms with Crippen molar-refractivity contribution in [3.8, 4) is 0 Å². The number of hydrazine groups is 1. The van der Waals surface area contributed by atoms with Crippen molar-refractivity contribution < 1.29 is 13.2 Å². The molecule has 8 nitrogen and oxygen atoms in total. The van der Waals surface area contributed by atoms with Crippen LogP contribution in [0.3, 0.4) is 0 Å². The van der Waals surface area contributed by atoms with Crippen molar-refractivity contribution in [3.05, 3.63) is 12.4 Å². The summed E-state index contributed by atoms with van der Waals surface area (Å²) in [5.74, 6) is 5.32. The van der Waals surface area contributed by atoms with E-state index >= 15 is 0 Å². The van der Waals surface area contributed by atoms with Crippen LogP contribution in [-0.4, -0.2) is 49.0 Å². The fraction of sp³-hybridized carbons (Fsp3) is 0.600. The molecule has 0 aliphatic heterocycles. The van der Waals surface area contributed by atoms with Crippen LogP contribution in [-0.2, 0) is 14.8 Å². The number of sulfonamides is 1. The molecule has 0 amide bonds. The molecule has 1 aromatic rings. The van der Waals surface area contributed by atoms with Gasteiger partial charge in [-0.25, -0.2) is 24.2 Å². The molecule has 1 aliphatic carbocycles. The third-order valence-electron chi connectivity index (χ3n) is 2.83. The van der Waals surface area contributed by atoms with E-state index in [4.69, 9.17) is 10.6 Å². The number of rotatable bonds is 7. The Balaban J connectivity index is 2.22. The van der Waals surface area contributed by atoms with Crippen LogP contribution in [0.4, 0.5) is 5.95 Å². The van der Waals surface area contributed by atoms with Crippen LogP contribution in [0.5, 0.6) is 0 Å². The minimum Gasteiger partial charge on any atom is -0.383 e. The molecular formula is C10H17N5O3S. The van der Waals surface area contributed by atoms with Crippen LogP contribution in [0.1, 0.15) is 12.8 Å². The smallest absolute Gasteiger partial charge is 0.246 e. The third-order valence-corrected chi connectivity index (χ3v) is 4.74. The van der Waals surface area contributed by atoms with Gasteiger partial charge in [-0.05, 0) is 12.8 Å². The second-order valence-electron chi connectivity index (χ2n) is 4.23. The average molecular weight is 287 g/mol. The molecule has 0 atom stereocenters. The van der Waals surface area contributed by atoms with E-state index in [1.807, 2.05) is 0 Å². The van der Waals surface area contributed by atoms with Crippen LogP contribution in [0.15, 0.2) is 17.3 Å². The number of ether oxygens (including phenoxy) is 1. The zero-order valence-corrected chi connectivity index (χ0v) is 11.4. The number of anilines is 1. The van der Waals surface area contributed by atoms with Gasteiger partial charge in [-0.2, -0.15) is 4.31 Å². The van der Waals surface area contributed by atoms with Crippen molar-refractivity contribution in [1.29, 1.82) is 0 Å². The Kier molecular flexibility index (Phi) is 4.30. The fourth-order valence-corrected chi connectivity index (χ4v) is 3.26. The van der Waals surface area contributed by atoms with Gasteiger partial charge in [0, 0.05) is 19.7 Å². The lowest BCUT2D eigenvalue weighted by Crippen LogP contribution is -2.36. The van der Waals surface area contributed by atoms with Gasteiger partial charge in [0.2, 0.25) is 16.0 Å². The quantitative estimate of drug-likeness (QED) is 0.516. The maximum absolute atomic E-state index is 12.5. The summed E-state index contributed by atoms with van der Waals surface area (Å²) in [6, 6.07) is 0.0625. The topological polar surface area (TPSA) is 110 Å². The van der Waals surface area contributed by atoms with Gasteiger partial charge in [-0.3, -0.25) is 5.43 Å². The molecule has 1 aromatic heterocycles. The molecule has 0 bridgehead atoms. The Bertz CT molecular complexity index is 514. The Morgan fingerprint density at radius 1 is 1.47 bits per heavy atom. The van der Waals surface area contributed by atoms with E-state index < -0.39 is 10.0 Å². The molecule has 19 heavy (non-hydrogen) atoms. The molecule has 0 spiro atoms. The minimum absolute atomic E-state index is 0.0625. The molecule has 1 heterocycles. The third kappa shape index (κ3) is 3.18. The van der Waals surface area contributed by atoms with Crippen molar-refractivity contribution in [2.24, 2.45) is 5.84 Å². The number of hydrogen-bond acceptors (Lipinski definition) is 7. The standard InChI is InChI=1S/C10H17N5O3S/c1-18-5-4-15(8-2-3-8)19(16,17)9-6-12-10(14-11)13-7-9/h6-8H,2-5,11H2,1H3,(H,12,13,14). The van der Waals surface area contributed by atoms with Crippen molar-refractivity contribution in [3.63, 3.8) is 0 Å². The summed E-state index contributed by atoms with van der Waals surface area (Å²) in [6.07, 6.45) is 4.26. The molecular weight excluding hydrogens is 270 g/mol. The summed E-state index contributed by atoms with van der Waals surface area (Å²) in [7, 11) is -2.03. The largest absolute Gasteiger partial charge is 0.383 e. The second kappa shape index (κ2) is 5.78. The van der Waals surface area contributed by atoms with Crippen molar-refractivity contribution in [2.75, 3.05) is 25.7 Å². The lowest BCUT2D eigenvalue weighted by molar-refractivity contribution is 0.177. The highest BCUT2D eigenvalue weighted by atomic mass is 32.2. The molecule has 0 saturated heterocycles. The first kappa shape index (κ1) is 14.1. The van der Waals surface area contributed by atoms with E-state index in [-0.39, 0.29) is 16.9 Å². The van der Waals surface area contributed by atoms with Crippen LogP contribution >= 0.6 is 0 Å². The maximum Gasteiger partial charge on any atom is 0.246 e. The van der Waals surface area contributed by atoms with Gasteiger partial charge in [0.15, 0.2) is 0 Å². The predicted molar refractivity (Wildman–Crippen MR) is 68.6 cm³/mol. The SMILES string of the molecule is COCCN(C1CC1)S(=O)(=O)c1cnc(NN)nc1. The highest BCUT2D eigenvalue weighted by molar-refractivity contribution is 7.89. The molecule has 1 aliphatic rings. The molecule has 9 heteroatoms. The monoisotopic (exact) mass is 287 g/mol. The molecule has 106 valence electrons. The first-order valence-corrected chi connectivity index (χ1v) is 7.33. The molecule has 0 aromatic carbocycles. The predicted octanol–water partition coefficient (Wildman–Crippen LogP) is -0.438. The maximum atomic E-state index is 12.5. The lowest BCUT2D eigenvalue weighted by Gasteiger charge is -2.21. The van der Waals surface area contributed by atoms with Gasteiger partial charge in [0.25, 0.3) is 0 Å². The van der Waals surface area contributed by atoms with Crippen molar-refractivity contribution >= 4 is 16.0 Å². The highest BCUT2D eigenvalue weighted by Crippen LogP contribution is 2.31. The van der Waals surface area contributed by atoms with Crippen LogP contribution in [0, 0.1) is 0 Å². The molecule has 0 unspecified atom stereocenters. The number of nitrogens with zero attached hydrogens (tertiary/aromatic N) is 3. The fourth-order valence-electron chi connectivity index (χ4n) is 1.70. The van der Waals surface area contributed by atoms with Gasteiger partial charge in [-0.1, -0.05) is 0 Å². The number of aromatic nitrogens is 2. The summed E-state index contributed by atoms with van der Waals surface area (Å²) in [4.78, 5) is 7.71. The molecule has 2 rings (SSSR count). The minimum atomic E-state index is -3.58. The molecule has 0 radical (unpaired) electrons. The Hall–Kier alpha value is -1.29. The van der Waals surface area contributed by atoms with Crippen LogP contribution < -0.4 is 11.3 Å². The Morgan fingerprint density at radius 2 is 2.11 bits per heavy atom. The van der Waals surface area contributed by atoms with Crippen molar-refractivity contribution in [2.45, 2.75) is 23.8 Å². The first-order valence-electron chi connectivity index (χ1n) is 5.89. The summed E-state index contributed by atoms with van der Waals surface area (Å²) in [6.45, 7) is 0.694. The van der Waals surface area contributed by atoms with E-state index in [1.165, 1.54) is 16.7 Å². The summed E-state index contributed by atoms with van der Waals surface area (Å²) in [5.41, 5.74) is 2.25. The lowest BCUT2D eigenvalue weighted by atomic mass is 10.6. The Morgan fingerprint density at radius 3 is 2.58 bits per heavy atom. The second-order valence-corrected chi connectivity index (χ2v) is 6.12. The van der Waals surface area contributed by atoms with Gasteiger partial charge >= 0.3 is 0 Å². The molecule has 3 N–H and O–H groups in total. The van der Waals surface area contributed by atoms with Gasteiger partial charge in [-0.15, -0.1) is 0 Å².